The van der Waals surface area contributed by atoms with E-state index < -0.39 is 46.2 Å². The zero-order valence-corrected chi connectivity index (χ0v) is 20.0. The second kappa shape index (κ2) is 8.31. The zero-order chi connectivity index (χ0) is 13.5. The van der Waals surface area contributed by atoms with Gasteiger partial charge in [-0.15, -0.1) is 0 Å². The summed E-state index contributed by atoms with van der Waals surface area (Å²) in [6, 6.07) is 0. The van der Waals surface area contributed by atoms with Crippen molar-refractivity contribution in [3.05, 3.63) is 0 Å². The molecule has 104 valence electrons. The van der Waals surface area contributed by atoms with Gasteiger partial charge in [-0.2, -0.15) is 0 Å². The zero-order valence-electron chi connectivity index (χ0n) is 12.0. The first-order valence-electron chi connectivity index (χ1n) is 5.72. The Labute approximate surface area is 116 Å². The van der Waals surface area contributed by atoms with E-state index in [4.69, 9.17) is 20.6 Å². The quantitative estimate of drug-likeness (QED) is 0.385. The van der Waals surface area contributed by atoms with Crippen molar-refractivity contribution >= 4 is 56.7 Å². The fraction of sp³-hybridized carbons (Fsp3) is 1.00. The maximum Gasteiger partial charge on any atom is 0.312 e. The Hall–Kier alpha value is 1.10. The Bertz CT molecular complexity index is 210. The lowest BCUT2D eigenvalue weighted by Crippen LogP contribution is -2.48. The van der Waals surface area contributed by atoms with E-state index in [1.54, 1.807) is 0 Å². The van der Waals surface area contributed by atoms with Crippen LogP contribution in [0.25, 0.3) is 0 Å². The Morgan fingerprint density at radius 1 is 1.06 bits per heavy atom. The summed E-state index contributed by atoms with van der Waals surface area (Å²) < 4.78 is 28.2. The molecule has 0 heterocycles. The Morgan fingerprint density at radius 3 is 2.12 bits per heavy atom. The normalized spacial score (nSPS) is 16.6. The van der Waals surface area contributed by atoms with Crippen LogP contribution in [0.2, 0.25) is 39.3 Å². The van der Waals surface area contributed by atoms with Crippen LogP contribution in [0.1, 0.15) is 0 Å². The molecule has 17 heavy (non-hydrogen) atoms. The standard InChI is InChI=1S/C6H26O5Si6/c1-15(9-14-8-13-7-12)10-17(5,6)11-16(2,3)4/h15H,13-14H2,1-6,12H3. The van der Waals surface area contributed by atoms with E-state index in [1.165, 1.54) is 0 Å². The van der Waals surface area contributed by atoms with Gasteiger partial charge in [0.25, 0.3) is 29.3 Å². The van der Waals surface area contributed by atoms with E-state index in [-0.39, 0.29) is 0 Å². The largest absolute Gasteiger partial charge is 0.449 e. The third-order valence-electron chi connectivity index (χ3n) is 1.59. The highest BCUT2D eigenvalue weighted by Crippen LogP contribution is 2.16. The van der Waals surface area contributed by atoms with Gasteiger partial charge in [0.15, 0.2) is 8.32 Å². The molecule has 0 aromatic heterocycles. The van der Waals surface area contributed by atoms with Crippen molar-refractivity contribution in [2.45, 2.75) is 39.3 Å². The number of hydrogen-bond acceptors (Lipinski definition) is 5. The van der Waals surface area contributed by atoms with Crippen molar-refractivity contribution < 1.29 is 20.6 Å². The fourth-order valence-corrected chi connectivity index (χ4v) is 16.5. The van der Waals surface area contributed by atoms with E-state index in [0.29, 0.717) is 0 Å². The summed E-state index contributed by atoms with van der Waals surface area (Å²) in [6.07, 6.45) is 0. The molecular weight excluding hydrogens is 321 g/mol. The van der Waals surface area contributed by atoms with E-state index in [1.807, 2.05) is 6.55 Å². The van der Waals surface area contributed by atoms with E-state index in [0.717, 1.165) is 10.5 Å². The minimum atomic E-state index is -2.02. The lowest BCUT2D eigenvalue weighted by atomic mass is 11.8. The van der Waals surface area contributed by atoms with Crippen molar-refractivity contribution in [1.82, 2.24) is 0 Å². The molecule has 0 saturated carbocycles. The highest BCUT2D eigenvalue weighted by molar-refractivity contribution is 6.83. The molecule has 5 nitrogen and oxygen atoms in total. The van der Waals surface area contributed by atoms with Gasteiger partial charge in [-0.05, 0) is 39.3 Å². The molecule has 0 fully saturated rings. The van der Waals surface area contributed by atoms with Gasteiger partial charge < -0.3 is 20.6 Å². The SMILES string of the molecule is C[SiH](O[SiH2]O[SiH2]O[SiH3])O[Si](C)(C)O[Si](C)(C)C. The van der Waals surface area contributed by atoms with Crippen LogP contribution in [-0.2, 0) is 20.6 Å². The molecule has 0 bridgehead atoms. The predicted molar refractivity (Wildman–Crippen MR) is 86.3 cm³/mol. The van der Waals surface area contributed by atoms with Gasteiger partial charge >= 0.3 is 8.56 Å². The maximum absolute atomic E-state index is 6.10. The summed E-state index contributed by atoms with van der Waals surface area (Å²) in [5, 5.41) is 0. The molecule has 0 N–H and O–H groups in total. The lowest BCUT2D eigenvalue weighted by molar-refractivity contribution is 0.339. The highest BCUT2D eigenvalue weighted by atomic mass is 28.5. The van der Waals surface area contributed by atoms with E-state index >= 15 is 0 Å². The minimum absolute atomic E-state index is 0.739. The summed E-state index contributed by atoms with van der Waals surface area (Å²) in [6.45, 7) is 12.8. The molecule has 0 radical (unpaired) electrons. The predicted octanol–water partition coefficient (Wildman–Crippen LogP) is -1.27. The number of hydrogen-bond donors (Lipinski definition) is 0. The van der Waals surface area contributed by atoms with Gasteiger partial charge in [-0.3, -0.25) is 0 Å². The van der Waals surface area contributed by atoms with Crippen LogP contribution in [0.15, 0.2) is 0 Å². The molecule has 11 heteroatoms. The average molecular weight is 347 g/mol. The molecular formula is C6H26O5Si6. The second-order valence-corrected chi connectivity index (χ2v) is 20.9. The summed E-state index contributed by atoms with van der Waals surface area (Å²) in [4.78, 5) is 0. The van der Waals surface area contributed by atoms with Crippen LogP contribution in [-0.4, -0.2) is 56.7 Å². The monoisotopic (exact) mass is 346 g/mol. The maximum atomic E-state index is 6.10. The first-order valence-corrected chi connectivity index (χ1v) is 17.2. The van der Waals surface area contributed by atoms with Crippen molar-refractivity contribution in [2.75, 3.05) is 0 Å². The van der Waals surface area contributed by atoms with Crippen LogP contribution in [0, 0.1) is 0 Å². The van der Waals surface area contributed by atoms with Crippen LogP contribution in [0.3, 0.4) is 0 Å². The van der Waals surface area contributed by atoms with Crippen molar-refractivity contribution in [3.63, 3.8) is 0 Å². The van der Waals surface area contributed by atoms with Crippen LogP contribution >= 0.6 is 0 Å². The molecule has 0 aliphatic carbocycles. The van der Waals surface area contributed by atoms with E-state index in [9.17, 15) is 0 Å². The summed E-state index contributed by atoms with van der Waals surface area (Å²) >= 11 is 0. The number of rotatable bonds is 9. The molecule has 0 aliphatic heterocycles. The molecule has 0 aromatic rings. The van der Waals surface area contributed by atoms with Gasteiger partial charge in [0.05, 0.1) is 0 Å². The molecule has 1 unspecified atom stereocenters. The van der Waals surface area contributed by atoms with Crippen LogP contribution in [0.4, 0.5) is 0 Å². The van der Waals surface area contributed by atoms with Gasteiger partial charge in [0.2, 0.25) is 0 Å². The van der Waals surface area contributed by atoms with Gasteiger partial charge in [0.1, 0.15) is 10.5 Å². The minimum Gasteiger partial charge on any atom is -0.449 e. The van der Waals surface area contributed by atoms with Crippen molar-refractivity contribution in [2.24, 2.45) is 0 Å². The average Bonchev–Trinajstić information content (AvgIpc) is 2.07. The Kier molecular flexibility index (Phi) is 8.85. The molecule has 0 rings (SSSR count). The Balaban J connectivity index is 3.88. The smallest absolute Gasteiger partial charge is 0.312 e. The van der Waals surface area contributed by atoms with Gasteiger partial charge in [0, 0.05) is 0 Å². The highest BCUT2D eigenvalue weighted by Gasteiger charge is 2.33. The Morgan fingerprint density at radius 2 is 1.65 bits per heavy atom. The molecule has 0 amide bonds. The van der Waals surface area contributed by atoms with Crippen molar-refractivity contribution in [3.8, 4) is 0 Å². The van der Waals surface area contributed by atoms with Crippen LogP contribution in [0.5, 0.6) is 0 Å². The van der Waals surface area contributed by atoms with Gasteiger partial charge in [-0.25, -0.2) is 0 Å². The fourth-order valence-electron chi connectivity index (χ4n) is 1.46. The molecule has 0 saturated heterocycles. The summed E-state index contributed by atoms with van der Waals surface area (Å²) in [7, 11) is -5.99. The first-order chi connectivity index (χ1) is 7.66. The van der Waals surface area contributed by atoms with Gasteiger partial charge in [-0.1, -0.05) is 0 Å². The molecule has 0 aromatic carbocycles. The second-order valence-electron chi connectivity index (χ2n) is 5.19. The molecule has 0 aliphatic rings. The van der Waals surface area contributed by atoms with Crippen molar-refractivity contribution in [1.29, 1.82) is 0 Å². The molecule has 1 atom stereocenters. The van der Waals surface area contributed by atoms with Crippen LogP contribution < -0.4 is 0 Å². The molecule has 0 spiro atoms. The third-order valence-corrected chi connectivity index (χ3v) is 14.3. The first kappa shape index (κ1) is 18.1. The summed E-state index contributed by atoms with van der Waals surface area (Å²) in [5.41, 5.74) is 0. The van der Waals surface area contributed by atoms with E-state index in [2.05, 4.69) is 32.7 Å². The summed E-state index contributed by atoms with van der Waals surface area (Å²) in [5.74, 6) is 0. The lowest BCUT2D eigenvalue weighted by Gasteiger charge is -2.33. The third kappa shape index (κ3) is 11.9. The topological polar surface area (TPSA) is 46.2 Å².